The Hall–Kier alpha value is -0.940. The van der Waals surface area contributed by atoms with E-state index in [4.69, 9.17) is 0 Å². The molecule has 0 aliphatic carbocycles. The summed E-state index contributed by atoms with van der Waals surface area (Å²) in [7, 11) is 1.90. The molecular formula is C15H25N3OS. The van der Waals surface area contributed by atoms with Crippen molar-refractivity contribution in [3.8, 4) is 0 Å². The predicted octanol–water partition coefficient (Wildman–Crippen LogP) is 2.41. The van der Waals surface area contributed by atoms with Crippen LogP contribution in [-0.2, 0) is 11.2 Å². The number of carbonyl (C=O) groups excluding carboxylic acids is 1. The minimum absolute atomic E-state index is 0.0243. The SMILES string of the molecule is C[C@@H]1CC[C@H](C)N1[C@@H](C)C(=O)N(C)CCc1nccs1. The zero-order valence-corrected chi connectivity index (χ0v) is 13.7. The zero-order valence-electron chi connectivity index (χ0n) is 12.9. The van der Waals surface area contributed by atoms with Crippen LogP contribution in [0, 0.1) is 0 Å². The number of carbonyl (C=O) groups is 1. The van der Waals surface area contributed by atoms with Crippen LogP contribution in [0.1, 0.15) is 38.6 Å². The molecule has 2 rings (SSSR count). The Morgan fingerprint density at radius 2 is 2.15 bits per heavy atom. The molecule has 4 nitrogen and oxygen atoms in total. The number of aromatic nitrogens is 1. The lowest BCUT2D eigenvalue weighted by atomic mass is 10.2. The lowest BCUT2D eigenvalue weighted by Gasteiger charge is -2.34. The number of hydrogen-bond donors (Lipinski definition) is 0. The van der Waals surface area contributed by atoms with Gasteiger partial charge in [0.05, 0.1) is 11.0 Å². The summed E-state index contributed by atoms with van der Waals surface area (Å²) in [5.41, 5.74) is 0. The third kappa shape index (κ3) is 3.38. The lowest BCUT2D eigenvalue weighted by Crippen LogP contribution is -2.49. The molecule has 0 saturated carbocycles. The van der Waals surface area contributed by atoms with Crippen molar-refractivity contribution < 1.29 is 4.79 Å². The first-order chi connectivity index (χ1) is 9.50. The van der Waals surface area contributed by atoms with Crippen LogP contribution in [0.3, 0.4) is 0 Å². The zero-order chi connectivity index (χ0) is 14.7. The number of thiazole rings is 1. The van der Waals surface area contributed by atoms with E-state index in [1.165, 1.54) is 12.8 Å². The highest BCUT2D eigenvalue weighted by Crippen LogP contribution is 2.26. The molecule has 5 heteroatoms. The number of nitrogens with zero attached hydrogens (tertiary/aromatic N) is 3. The van der Waals surface area contributed by atoms with Crippen LogP contribution < -0.4 is 0 Å². The van der Waals surface area contributed by atoms with Gasteiger partial charge in [-0.05, 0) is 33.6 Å². The van der Waals surface area contributed by atoms with E-state index in [2.05, 4.69) is 23.7 Å². The molecular weight excluding hydrogens is 270 g/mol. The van der Waals surface area contributed by atoms with Crippen molar-refractivity contribution in [2.45, 2.75) is 58.2 Å². The number of likely N-dealkylation sites (tertiary alicyclic amines) is 1. The molecule has 0 N–H and O–H groups in total. The van der Waals surface area contributed by atoms with Crippen LogP contribution in [-0.4, -0.2) is 52.4 Å². The van der Waals surface area contributed by atoms with Gasteiger partial charge in [-0.2, -0.15) is 0 Å². The molecule has 112 valence electrons. The van der Waals surface area contributed by atoms with Gasteiger partial charge in [0.1, 0.15) is 0 Å². The highest BCUT2D eigenvalue weighted by Gasteiger charge is 2.35. The van der Waals surface area contributed by atoms with Crippen molar-refractivity contribution in [1.82, 2.24) is 14.8 Å². The summed E-state index contributed by atoms with van der Waals surface area (Å²) in [6.45, 7) is 7.24. The molecule has 1 aliphatic rings. The normalized spacial score (nSPS) is 24.8. The Balaban J connectivity index is 1.89. The van der Waals surface area contributed by atoms with Gasteiger partial charge in [0, 0.05) is 43.7 Å². The Labute approximate surface area is 125 Å². The van der Waals surface area contributed by atoms with Crippen molar-refractivity contribution in [1.29, 1.82) is 0 Å². The molecule has 1 fully saturated rings. The maximum Gasteiger partial charge on any atom is 0.239 e. The van der Waals surface area contributed by atoms with E-state index in [0.717, 1.165) is 18.0 Å². The standard InChI is InChI=1S/C15H25N3OS/c1-11-5-6-12(2)18(11)13(3)15(19)17(4)9-7-14-16-8-10-20-14/h8,10-13H,5-7,9H2,1-4H3/t11-,12+,13-/m0/s1. The third-order valence-corrected chi connectivity index (χ3v) is 5.18. The van der Waals surface area contributed by atoms with Crippen molar-refractivity contribution in [3.05, 3.63) is 16.6 Å². The molecule has 0 radical (unpaired) electrons. The van der Waals surface area contributed by atoms with Gasteiger partial charge in [0.25, 0.3) is 0 Å². The van der Waals surface area contributed by atoms with Crippen LogP contribution in [0.15, 0.2) is 11.6 Å². The smallest absolute Gasteiger partial charge is 0.239 e. The Morgan fingerprint density at radius 1 is 1.50 bits per heavy atom. The van der Waals surface area contributed by atoms with Gasteiger partial charge >= 0.3 is 0 Å². The van der Waals surface area contributed by atoms with Crippen molar-refractivity contribution in [3.63, 3.8) is 0 Å². The topological polar surface area (TPSA) is 36.4 Å². The first-order valence-corrected chi connectivity index (χ1v) is 8.29. The van der Waals surface area contributed by atoms with Crippen LogP contribution in [0.5, 0.6) is 0 Å². The van der Waals surface area contributed by atoms with Gasteiger partial charge in [-0.1, -0.05) is 0 Å². The molecule has 0 spiro atoms. The van der Waals surface area contributed by atoms with E-state index >= 15 is 0 Å². The third-order valence-electron chi connectivity index (χ3n) is 4.35. The van der Waals surface area contributed by atoms with Gasteiger partial charge in [-0.3, -0.25) is 9.69 Å². The Kier molecular flexibility index (Phi) is 5.16. The number of hydrogen-bond acceptors (Lipinski definition) is 4. The van der Waals surface area contributed by atoms with Gasteiger partial charge < -0.3 is 4.90 Å². The Bertz CT molecular complexity index is 424. The monoisotopic (exact) mass is 295 g/mol. The van der Waals surface area contributed by atoms with E-state index in [-0.39, 0.29) is 11.9 Å². The molecule has 2 heterocycles. The van der Waals surface area contributed by atoms with Gasteiger partial charge in [0.2, 0.25) is 5.91 Å². The summed E-state index contributed by atoms with van der Waals surface area (Å²) < 4.78 is 0. The Morgan fingerprint density at radius 3 is 2.70 bits per heavy atom. The maximum absolute atomic E-state index is 12.5. The molecule has 3 atom stereocenters. The minimum Gasteiger partial charge on any atom is -0.344 e. The molecule has 1 saturated heterocycles. The van der Waals surface area contributed by atoms with E-state index in [9.17, 15) is 4.79 Å². The number of likely N-dealkylation sites (N-methyl/N-ethyl adjacent to an activating group) is 1. The molecule has 20 heavy (non-hydrogen) atoms. The fourth-order valence-electron chi connectivity index (χ4n) is 3.17. The van der Waals surface area contributed by atoms with Crippen LogP contribution >= 0.6 is 11.3 Å². The summed E-state index contributed by atoms with van der Waals surface area (Å²) in [4.78, 5) is 21.0. The largest absolute Gasteiger partial charge is 0.344 e. The van der Waals surface area contributed by atoms with Crippen LogP contribution in [0.2, 0.25) is 0 Å². The highest BCUT2D eigenvalue weighted by atomic mass is 32.1. The molecule has 0 unspecified atom stereocenters. The van der Waals surface area contributed by atoms with Crippen LogP contribution in [0.25, 0.3) is 0 Å². The highest BCUT2D eigenvalue weighted by molar-refractivity contribution is 7.09. The van der Waals surface area contributed by atoms with Gasteiger partial charge in [-0.25, -0.2) is 4.98 Å². The first kappa shape index (κ1) is 15.4. The van der Waals surface area contributed by atoms with E-state index in [0.29, 0.717) is 12.1 Å². The van der Waals surface area contributed by atoms with Crippen molar-refractivity contribution >= 4 is 17.2 Å². The molecule has 1 aromatic rings. The summed E-state index contributed by atoms with van der Waals surface area (Å²) in [6, 6.07) is 0.997. The first-order valence-electron chi connectivity index (χ1n) is 7.41. The summed E-state index contributed by atoms with van der Waals surface area (Å²) in [5, 5.41) is 3.08. The average molecular weight is 295 g/mol. The molecule has 1 aromatic heterocycles. The van der Waals surface area contributed by atoms with E-state index < -0.39 is 0 Å². The molecule has 0 aromatic carbocycles. The predicted molar refractivity (Wildman–Crippen MR) is 82.9 cm³/mol. The lowest BCUT2D eigenvalue weighted by molar-refractivity contribution is -0.136. The minimum atomic E-state index is -0.0243. The summed E-state index contributed by atoms with van der Waals surface area (Å²) in [5.74, 6) is 0.224. The van der Waals surface area contributed by atoms with E-state index in [1.54, 1.807) is 11.3 Å². The van der Waals surface area contributed by atoms with Gasteiger partial charge in [0.15, 0.2) is 0 Å². The fourth-order valence-corrected chi connectivity index (χ4v) is 3.78. The second-order valence-corrected chi connectivity index (χ2v) is 6.81. The number of amides is 1. The molecule has 0 bridgehead atoms. The van der Waals surface area contributed by atoms with E-state index in [1.807, 2.05) is 30.4 Å². The number of rotatable bonds is 5. The van der Waals surface area contributed by atoms with Crippen molar-refractivity contribution in [2.24, 2.45) is 0 Å². The van der Waals surface area contributed by atoms with Crippen LogP contribution in [0.4, 0.5) is 0 Å². The summed E-state index contributed by atoms with van der Waals surface area (Å²) in [6.07, 6.45) is 5.05. The molecule has 1 amide bonds. The molecule has 1 aliphatic heterocycles. The average Bonchev–Trinajstić information content (AvgIpc) is 3.05. The second kappa shape index (κ2) is 6.68. The second-order valence-electron chi connectivity index (χ2n) is 5.83. The summed E-state index contributed by atoms with van der Waals surface area (Å²) >= 11 is 1.65. The quantitative estimate of drug-likeness (QED) is 0.837. The van der Waals surface area contributed by atoms with Crippen molar-refractivity contribution in [2.75, 3.05) is 13.6 Å². The fraction of sp³-hybridized carbons (Fsp3) is 0.733. The maximum atomic E-state index is 12.5. The van der Waals surface area contributed by atoms with Gasteiger partial charge in [-0.15, -0.1) is 11.3 Å².